The van der Waals surface area contributed by atoms with Crippen molar-refractivity contribution in [2.24, 2.45) is 0 Å². The Morgan fingerprint density at radius 3 is 2.52 bits per heavy atom. The third-order valence-corrected chi connectivity index (χ3v) is 5.69. The van der Waals surface area contributed by atoms with Crippen LogP contribution in [0.15, 0.2) is 6.07 Å². The first-order chi connectivity index (χ1) is 9.97. The fourth-order valence-corrected chi connectivity index (χ4v) is 4.31. The predicted octanol–water partition coefficient (Wildman–Crippen LogP) is 3.04. The number of nitrogens with zero attached hydrogens (tertiary/aromatic N) is 2. The first-order valence-corrected chi connectivity index (χ1v) is 8.98. The number of likely N-dealkylation sites (tertiary alicyclic amines) is 1. The van der Waals surface area contributed by atoms with E-state index in [1.807, 2.05) is 11.3 Å². The van der Waals surface area contributed by atoms with Gasteiger partial charge in [0.15, 0.2) is 0 Å². The van der Waals surface area contributed by atoms with Crippen LogP contribution in [0.1, 0.15) is 41.1 Å². The van der Waals surface area contributed by atoms with Crippen molar-refractivity contribution in [3.63, 3.8) is 0 Å². The Balaban J connectivity index is 1.69. The van der Waals surface area contributed by atoms with Gasteiger partial charge in [-0.3, -0.25) is 0 Å². The summed E-state index contributed by atoms with van der Waals surface area (Å²) in [6, 6.07) is 3.58. The van der Waals surface area contributed by atoms with Gasteiger partial charge in [-0.05, 0) is 72.4 Å². The number of rotatable bonds is 6. The highest BCUT2D eigenvalue weighted by atomic mass is 32.1. The van der Waals surface area contributed by atoms with E-state index in [2.05, 4.69) is 56.0 Å². The minimum atomic E-state index is 0.467. The van der Waals surface area contributed by atoms with Crippen LogP contribution >= 0.6 is 11.3 Å². The first kappa shape index (κ1) is 16.9. The van der Waals surface area contributed by atoms with Gasteiger partial charge in [-0.15, -0.1) is 11.3 Å². The van der Waals surface area contributed by atoms with Crippen molar-refractivity contribution >= 4 is 11.3 Å². The molecule has 2 rings (SSSR count). The summed E-state index contributed by atoms with van der Waals surface area (Å²) in [4.78, 5) is 7.85. The molecule has 0 aromatic carbocycles. The molecule has 0 saturated carbocycles. The monoisotopic (exact) mass is 309 g/mol. The summed E-state index contributed by atoms with van der Waals surface area (Å²) in [6.07, 6.45) is 2.62. The first-order valence-electron chi connectivity index (χ1n) is 8.16. The van der Waals surface area contributed by atoms with Gasteiger partial charge in [-0.1, -0.05) is 0 Å². The lowest BCUT2D eigenvalue weighted by molar-refractivity contribution is 0.145. The molecule has 1 aliphatic heterocycles. The smallest absolute Gasteiger partial charge is 0.0303 e. The Bertz CT molecular complexity index is 433. The molecule has 0 amide bonds. The van der Waals surface area contributed by atoms with Gasteiger partial charge in [-0.25, -0.2) is 0 Å². The Morgan fingerprint density at radius 1 is 1.33 bits per heavy atom. The predicted molar refractivity (Wildman–Crippen MR) is 93.4 cm³/mol. The van der Waals surface area contributed by atoms with Crippen molar-refractivity contribution in [3.8, 4) is 0 Å². The third kappa shape index (κ3) is 4.78. The normalized spacial score (nSPS) is 19.3. The van der Waals surface area contributed by atoms with Crippen molar-refractivity contribution in [2.75, 3.05) is 40.3 Å². The van der Waals surface area contributed by atoms with Gasteiger partial charge in [0.2, 0.25) is 0 Å². The van der Waals surface area contributed by atoms with Gasteiger partial charge >= 0.3 is 0 Å². The van der Waals surface area contributed by atoms with Crippen molar-refractivity contribution in [1.82, 2.24) is 15.1 Å². The van der Waals surface area contributed by atoms with E-state index in [-0.39, 0.29) is 0 Å². The quantitative estimate of drug-likeness (QED) is 0.871. The van der Waals surface area contributed by atoms with Gasteiger partial charge in [-0.2, -0.15) is 0 Å². The minimum absolute atomic E-state index is 0.467. The fourth-order valence-electron chi connectivity index (χ4n) is 3.29. The molecule has 120 valence electrons. The zero-order valence-electron chi connectivity index (χ0n) is 14.3. The molecule has 1 fully saturated rings. The molecule has 0 radical (unpaired) electrons. The number of nitrogens with one attached hydrogen (secondary N) is 1. The van der Waals surface area contributed by atoms with Crippen molar-refractivity contribution in [1.29, 1.82) is 0 Å². The molecule has 3 nitrogen and oxygen atoms in total. The third-order valence-electron chi connectivity index (χ3n) is 4.71. The Hall–Kier alpha value is -0.420. The largest absolute Gasteiger partial charge is 0.309 e. The van der Waals surface area contributed by atoms with Crippen LogP contribution in [-0.4, -0.2) is 56.1 Å². The number of aryl methyl sites for hydroxylation is 2. The van der Waals surface area contributed by atoms with Crippen LogP contribution in [-0.2, 0) is 0 Å². The molecule has 1 saturated heterocycles. The fraction of sp³-hybridized carbons (Fsp3) is 0.765. The zero-order chi connectivity index (χ0) is 15.4. The van der Waals surface area contributed by atoms with Crippen LogP contribution in [0.4, 0.5) is 0 Å². The van der Waals surface area contributed by atoms with E-state index < -0.39 is 0 Å². The van der Waals surface area contributed by atoms with Gasteiger partial charge in [0.1, 0.15) is 0 Å². The average molecular weight is 310 g/mol. The van der Waals surface area contributed by atoms with Crippen LogP contribution < -0.4 is 5.32 Å². The molecule has 1 aromatic heterocycles. The van der Waals surface area contributed by atoms with Gasteiger partial charge in [0, 0.05) is 34.9 Å². The van der Waals surface area contributed by atoms with E-state index in [1.165, 1.54) is 47.8 Å². The molecule has 1 aliphatic rings. The molecule has 1 N–H and O–H groups in total. The maximum absolute atomic E-state index is 3.69. The minimum Gasteiger partial charge on any atom is -0.309 e. The van der Waals surface area contributed by atoms with E-state index in [9.17, 15) is 0 Å². The van der Waals surface area contributed by atoms with Gasteiger partial charge in [0.25, 0.3) is 0 Å². The summed E-state index contributed by atoms with van der Waals surface area (Å²) < 4.78 is 0. The highest BCUT2D eigenvalue weighted by Crippen LogP contribution is 2.26. The van der Waals surface area contributed by atoms with E-state index in [4.69, 9.17) is 0 Å². The highest BCUT2D eigenvalue weighted by molar-refractivity contribution is 7.12. The van der Waals surface area contributed by atoms with Crippen LogP contribution in [0.2, 0.25) is 0 Å². The summed E-state index contributed by atoms with van der Waals surface area (Å²) in [5.41, 5.74) is 1.48. The van der Waals surface area contributed by atoms with Crippen molar-refractivity contribution in [2.45, 2.75) is 45.7 Å². The average Bonchev–Trinajstić information content (AvgIpc) is 2.78. The Morgan fingerprint density at radius 2 is 2.00 bits per heavy atom. The topological polar surface area (TPSA) is 18.5 Å². The summed E-state index contributed by atoms with van der Waals surface area (Å²) >= 11 is 1.91. The van der Waals surface area contributed by atoms with Crippen LogP contribution in [0.25, 0.3) is 0 Å². The molecular formula is C17H31N3S. The maximum atomic E-state index is 3.69. The summed E-state index contributed by atoms with van der Waals surface area (Å²) in [7, 11) is 4.41. The Kier molecular flexibility index (Phi) is 6.23. The van der Waals surface area contributed by atoms with Gasteiger partial charge in [0.05, 0.1) is 0 Å². The second kappa shape index (κ2) is 7.73. The van der Waals surface area contributed by atoms with Crippen molar-refractivity contribution in [3.05, 3.63) is 21.4 Å². The van der Waals surface area contributed by atoms with Crippen LogP contribution in [0.5, 0.6) is 0 Å². The molecule has 0 spiro atoms. The standard InChI is InChI=1S/C17H31N3S/c1-13-12-17(15(3)21-13)14(2)18-8-11-20-9-6-16(7-10-20)19(4)5/h12,14,16,18H,6-11H2,1-5H3/t14-/m1/s1. The number of hydrogen-bond acceptors (Lipinski definition) is 4. The maximum Gasteiger partial charge on any atom is 0.0303 e. The zero-order valence-corrected chi connectivity index (χ0v) is 15.1. The lowest BCUT2D eigenvalue weighted by Gasteiger charge is -2.35. The molecule has 21 heavy (non-hydrogen) atoms. The molecule has 4 heteroatoms. The summed E-state index contributed by atoms with van der Waals surface area (Å²) in [5, 5.41) is 3.69. The van der Waals surface area contributed by atoms with Crippen molar-refractivity contribution < 1.29 is 0 Å². The molecule has 2 heterocycles. The number of hydrogen-bond donors (Lipinski definition) is 1. The summed E-state index contributed by atoms with van der Waals surface area (Å²) in [6.45, 7) is 11.5. The van der Waals surface area contributed by atoms with E-state index in [1.54, 1.807) is 0 Å². The molecule has 1 aromatic rings. The van der Waals surface area contributed by atoms with E-state index >= 15 is 0 Å². The molecule has 0 aliphatic carbocycles. The van der Waals surface area contributed by atoms with Crippen LogP contribution in [0.3, 0.4) is 0 Å². The molecular weight excluding hydrogens is 278 g/mol. The van der Waals surface area contributed by atoms with E-state index in [0.717, 1.165) is 12.6 Å². The second-order valence-corrected chi connectivity index (χ2v) is 8.04. The lowest BCUT2D eigenvalue weighted by Crippen LogP contribution is -2.44. The molecule has 0 bridgehead atoms. The number of thiophene rings is 1. The SMILES string of the molecule is Cc1cc([C@@H](C)NCCN2CCC(N(C)C)CC2)c(C)s1. The van der Waals surface area contributed by atoms with Crippen LogP contribution in [0, 0.1) is 13.8 Å². The second-order valence-electron chi connectivity index (χ2n) is 6.58. The van der Waals surface area contributed by atoms with E-state index in [0.29, 0.717) is 6.04 Å². The molecule has 1 atom stereocenters. The number of piperidine rings is 1. The molecule has 0 unspecified atom stereocenters. The Labute approximate surface area is 134 Å². The lowest BCUT2D eigenvalue weighted by atomic mass is 10.0. The highest BCUT2D eigenvalue weighted by Gasteiger charge is 2.20. The van der Waals surface area contributed by atoms with Gasteiger partial charge < -0.3 is 15.1 Å². The summed E-state index contributed by atoms with van der Waals surface area (Å²) in [5.74, 6) is 0.